The van der Waals surface area contributed by atoms with E-state index in [9.17, 15) is 9.59 Å². The van der Waals surface area contributed by atoms with Crippen LogP contribution in [0.2, 0.25) is 0 Å². The highest BCUT2D eigenvalue weighted by molar-refractivity contribution is 5.84. The summed E-state index contributed by atoms with van der Waals surface area (Å²) in [5.74, 6) is 0.568. The van der Waals surface area contributed by atoms with Crippen molar-refractivity contribution in [2.45, 2.75) is 26.7 Å². The highest BCUT2D eigenvalue weighted by Crippen LogP contribution is 2.32. The Morgan fingerprint density at radius 2 is 1.93 bits per heavy atom. The van der Waals surface area contributed by atoms with Crippen LogP contribution in [-0.4, -0.2) is 58.1 Å². The average Bonchev–Trinajstić information content (AvgIpc) is 3.23. The van der Waals surface area contributed by atoms with E-state index in [1.807, 2.05) is 60.8 Å². The van der Waals surface area contributed by atoms with E-state index >= 15 is 0 Å². The van der Waals surface area contributed by atoms with Crippen LogP contribution in [0.4, 0.5) is 0 Å². The highest BCUT2D eigenvalue weighted by atomic mass is 16.2. The van der Waals surface area contributed by atoms with Crippen LogP contribution in [0.1, 0.15) is 23.4 Å². The van der Waals surface area contributed by atoms with Crippen molar-refractivity contribution in [3.63, 3.8) is 0 Å². The molecule has 142 valence electrons. The lowest BCUT2D eigenvalue weighted by Crippen LogP contribution is -2.42. The van der Waals surface area contributed by atoms with Crippen molar-refractivity contribution in [2.75, 3.05) is 26.7 Å². The molecule has 0 N–H and O–H groups in total. The van der Waals surface area contributed by atoms with E-state index in [0.717, 1.165) is 35.6 Å². The number of hydrogen-bond acceptors (Lipinski definition) is 3. The number of carbonyl (C=O) groups excluding carboxylic acids is 2. The largest absolute Gasteiger partial charge is 0.345 e. The van der Waals surface area contributed by atoms with Crippen molar-refractivity contribution in [1.29, 1.82) is 0 Å². The Bertz CT molecular complexity index is 874. The van der Waals surface area contributed by atoms with Crippen LogP contribution in [0.5, 0.6) is 0 Å². The van der Waals surface area contributed by atoms with Crippen LogP contribution in [-0.2, 0) is 16.0 Å². The molecule has 27 heavy (non-hydrogen) atoms. The summed E-state index contributed by atoms with van der Waals surface area (Å²) in [6.45, 7) is 6.02. The number of para-hydroxylation sites is 1. The molecule has 2 atom stereocenters. The van der Waals surface area contributed by atoms with E-state index in [1.165, 1.54) is 0 Å². The van der Waals surface area contributed by atoms with Gasteiger partial charge in [0.15, 0.2) is 0 Å². The van der Waals surface area contributed by atoms with Gasteiger partial charge in [0, 0.05) is 37.9 Å². The lowest BCUT2D eigenvalue weighted by molar-refractivity contribution is -0.138. The molecule has 4 rings (SSSR count). The maximum Gasteiger partial charge on any atom is 0.227 e. The second-order valence-electron chi connectivity index (χ2n) is 7.79. The highest BCUT2D eigenvalue weighted by Gasteiger charge is 2.43. The number of likely N-dealkylation sites (tertiary alicyclic amines) is 2. The maximum absolute atomic E-state index is 13.0. The van der Waals surface area contributed by atoms with Crippen LogP contribution >= 0.6 is 0 Å². The van der Waals surface area contributed by atoms with Gasteiger partial charge in [-0.3, -0.25) is 9.59 Å². The van der Waals surface area contributed by atoms with E-state index in [0.29, 0.717) is 25.4 Å². The molecule has 2 aliphatic heterocycles. The molecule has 1 aromatic carbocycles. The third-order valence-electron chi connectivity index (χ3n) is 6.09. The minimum atomic E-state index is -0.0260. The normalized spacial score (nSPS) is 22.3. The molecule has 3 heterocycles. The Balaban J connectivity index is 1.51. The summed E-state index contributed by atoms with van der Waals surface area (Å²) in [6.07, 6.45) is 1.33. The number of amides is 2. The van der Waals surface area contributed by atoms with Crippen molar-refractivity contribution >= 4 is 11.8 Å². The second-order valence-corrected chi connectivity index (χ2v) is 7.79. The van der Waals surface area contributed by atoms with E-state index in [2.05, 4.69) is 5.10 Å². The molecule has 6 nitrogen and oxygen atoms in total. The molecule has 6 heteroatoms. The topological polar surface area (TPSA) is 58.4 Å². The molecule has 2 aromatic rings. The zero-order valence-corrected chi connectivity index (χ0v) is 16.2. The van der Waals surface area contributed by atoms with Crippen LogP contribution in [0.15, 0.2) is 30.3 Å². The quantitative estimate of drug-likeness (QED) is 0.834. The van der Waals surface area contributed by atoms with Crippen molar-refractivity contribution in [3.05, 3.63) is 47.3 Å². The number of piperidine rings is 1. The Hall–Kier alpha value is -2.63. The Morgan fingerprint density at radius 1 is 1.19 bits per heavy atom. The summed E-state index contributed by atoms with van der Waals surface area (Å²) in [7, 11) is 1.85. The molecule has 0 saturated carbocycles. The minimum Gasteiger partial charge on any atom is -0.345 e. The number of fused-ring (bicyclic) bond motifs is 1. The number of benzene rings is 1. The second kappa shape index (κ2) is 6.83. The monoisotopic (exact) mass is 366 g/mol. The number of nitrogens with zero attached hydrogens (tertiary/aromatic N) is 4. The predicted octanol–water partition coefficient (Wildman–Crippen LogP) is 1.97. The number of aromatic nitrogens is 2. The molecule has 0 bridgehead atoms. The van der Waals surface area contributed by atoms with Gasteiger partial charge in [0.2, 0.25) is 11.8 Å². The third kappa shape index (κ3) is 3.13. The van der Waals surface area contributed by atoms with Gasteiger partial charge >= 0.3 is 0 Å². The number of aryl methyl sites for hydroxylation is 1. The van der Waals surface area contributed by atoms with Gasteiger partial charge in [-0.15, -0.1) is 0 Å². The minimum absolute atomic E-state index is 0.0260. The molecule has 1 aromatic heterocycles. The van der Waals surface area contributed by atoms with Gasteiger partial charge in [-0.25, -0.2) is 4.68 Å². The van der Waals surface area contributed by atoms with Crippen molar-refractivity contribution in [1.82, 2.24) is 19.6 Å². The van der Waals surface area contributed by atoms with Crippen LogP contribution in [0.25, 0.3) is 5.69 Å². The van der Waals surface area contributed by atoms with Crippen molar-refractivity contribution in [3.8, 4) is 5.69 Å². The molecule has 0 aliphatic carbocycles. The molecule has 2 fully saturated rings. The first-order valence-electron chi connectivity index (χ1n) is 9.59. The summed E-state index contributed by atoms with van der Waals surface area (Å²) in [4.78, 5) is 29.0. The van der Waals surface area contributed by atoms with Gasteiger partial charge in [-0.1, -0.05) is 18.2 Å². The standard InChI is InChI=1S/C21H26N4O2/c1-14-18(15(2)25(22-14)17-7-5-4-6-8-17)11-20(26)24-12-16-9-10-23(3)21(27)19(16)13-24/h4-8,16,19H,9-13H2,1-3H3/t16-,19+/m1/s1. The van der Waals surface area contributed by atoms with Crippen molar-refractivity contribution in [2.24, 2.45) is 11.8 Å². The van der Waals surface area contributed by atoms with E-state index in [1.54, 1.807) is 4.90 Å². The average molecular weight is 366 g/mol. The molecule has 0 unspecified atom stereocenters. The smallest absolute Gasteiger partial charge is 0.227 e. The van der Waals surface area contributed by atoms with Crippen LogP contribution in [0.3, 0.4) is 0 Å². The van der Waals surface area contributed by atoms with E-state index in [-0.39, 0.29) is 17.7 Å². The third-order valence-corrected chi connectivity index (χ3v) is 6.09. The summed E-state index contributed by atoms with van der Waals surface area (Å²) < 4.78 is 1.90. The molecule has 2 amide bonds. The fraction of sp³-hybridized carbons (Fsp3) is 0.476. The van der Waals surface area contributed by atoms with Gasteiger partial charge in [-0.2, -0.15) is 5.10 Å². The summed E-state index contributed by atoms with van der Waals surface area (Å²) in [5, 5.41) is 4.64. The molecule has 0 radical (unpaired) electrons. The number of rotatable bonds is 3. The van der Waals surface area contributed by atoms with Gasteiger partial charge in [0.05, 0.1) is 23.7 Å². The number of carbonyl (C=O) groups is 2. The van der Waals surface area contributed by atoms with Gasteiger partial charge in [-0.05, 0) is 38.3 Å². The molecule has 0 spiro atoms. The Morgan fingerprint density at radius 3 is 2.67 bits per heavy atom. The van der Waals surface area contributed by atoms with Crippen LogP contribution < -0.4 is 0 Å². The molecular formula is C21H26N4O2. The molecule has 2 aliphatic rings. The summed E-state index contributed by atoms with van der Waals surface area (Å²) in [6, 6.07) is 9.97. The first-order chi connectivity index (χ1) is 13.0. The lowest BCUT2D eigenvalue weighted by atomic mass is 9.88. The van der Waals surface area contributed by atoms with Gasteiger partial charge < -0.3 is 9.80 Å². The van der Waals surface area contributed by atoms with Gasteiger partial charge in [0.1, 0.15) is 0 Å². The van der Waals surface area contributed by atoms with E-state index < -0.39 is 0 Å². The zero-order chi connectivity index (χ0) is 19.1. The first kappa shape index (κ1) is 17.8. The lowest BCUT2D eigenvalue weighted by Gasteiger charge is -2.30. The maximum atomic E-state index is 13.0. The Kier molecular flexibility index (Phi) is 4.50. The summed E-state index contributed by atoms with van der Waals surface area (Å²) >= 11 is 0. The summed E-state index contributed by atoms with van der Waals surface area (Å²) in [5.41, 5.74) is 3.87. The first-order valence-corrected chi connectivity index (χ1v) is 9.59. The predicted molar refractivity (Wildman–Crippen MR) is 103 cm³/mol. The fourth-order valence-corrected chi connectivity index (χ4v) is 4.41. The van der Waals surface area contributed by atoms with E-state index in [4.69, 9.17) is 0 Å². The number of hydrogen-bond donors (Lipinski definition) is 0. The Labute approximate surface area is 159 Å². The fourth-order valence-electron chi connectivity index (χ4n) is 4.41. The molecular weight excluding hydrogens is 340 g/mol. The van der Waals surface area contributed by atoms with Crippen molar-refractivity contribution < 1.29 is 9.59 Å². The molecule has 2 saturated heterocycles. The van der Waals surface area contributed by atoms with Crippen LogP contribution in [0, 0.1) is 25.7 Å². The SMILES string of the molecule is Cc1nn(-c2ccccc2)c(C)c1CC(=O)N1C[C@H]2CCN(C)C(=O)[C@H]2C1. The van der Waals surface area contributed by atoms with Gasteiger partial charge in [0.25, 0.3) is 0 Å². The zero-order valence-electron chi connectivity index (χ0n) is 16.2.